The molecule has 0 spiro atoms. The number of hydrogen-bond acceptors (Lipinski definition) is 16. The summed E-state index contributed by atoms with van der Waals surface area (Å²) < 4.78 is 131. The molecule has 2 aliphatic heterocycles. The molecule has 0 bridgehead atoms. The number of piperazine rings is 2. The van der Waals surface area contributed by atoms with E-state index in [0.717, 1.165) is 21.7 Å². The lowest BCUT2D eigenvalue weighted by Crippen LogP contribution is -2.47. The minimum atomic E-state index is -4.92. The van der Waals surface area contributed by atoms with Crippen molar-refractivity contribution < 1.29 is 63.7 Å². The van der Waals surface area contributed by atoms with Crippen molar-refractivity contribution in [3.63, 3.8) is 0 Å². The Morgan fingerprint density at radius 1 is 0.493 bits per heavy atom. The van der Waals surface area contributed by atoms with Gasteiger partial charge in [-0.1, -0.05) is 0 Å². The highest BCUT2D eigenvalue weighted by molar-refractivity contribution is 5.66. The number of rotatable bonds is 10. The van der Waals surface area contributed by atoms with Gasteiger partial charge in [-0.25, -0.2) is 24.3 Å². The molecule has 6 heterocycles. The molecule has 30 heteroatoms. The highest BCUT2D eigenvalue weighted by Gasteiger charge is 2.38. The van der Waals surface area contributed by atoms with Crippen molar-refractivity contribution in [1.82, 2.24) is 60.4 Å². The fourth-order valence-electron chi connectivity index (χ4n) is 6.66. The van der Waals surface area contributed by atoms with Gasteiger partial charge in [0.1, 0.15) is 5.82 Å². The molecule has 0 unspecified atom stereocenters. The van der Waals surface area contributed by atoms with Crippen molar-refractivity contribution in [2.24, 2.45) is 0 Å². The van der Waals surface area contributed by atoms with Crippen molar-refractivity contribution in [3.8, 4) is 22.8 Å². The molecule has 2 aliphatic rings. The second kappa shape index (κ2) is 19.0. The number of aromatic nitrogens is 12. The van der Waals surface area contributed by atoms with Gasteiger partial charge < -0.3 is 29.8 Å². The van der Waals surface area contributed by atoms with Gasteiger partial charge in [0.25, 0.3) is 0 Å². The predicted octanol–water partition coefficient (Wildman–Crippen LogP) is 4.28. The molecule has 0 atom stereocenters. The number of carbonyl (C=O) groups is 2. The summed E-state index contributed by atoms with van der Waals surface area (Å²) in [4.78, 5) is 46.9. The topological polar surface area (TPSA) is 226 Å². The van der Waals surface area contributed by atoms with Gasteiger partial charge in [0.05, 0.1) is 27.8 Å². The first-order valence-electron chi connectivity index (χ1n) is 19.4. The van der Waals surface area contributed by atoms with Crippen molar-refractivity contribution in [3.05, 3.63) is 83.7 Å². The number of nitrogens with zero attached hydrogens (tertiary/aromatic N) is 16. The van der Waals surface area contributed by atoms with Gasteiger partial charge in [-0.3, -0.25) is 9.59 Å². The van der Waals surface area contributed by atoms with Crippen LogP contribution < -0.4 is 19.6 Å². The fourth-order valence-corrected chi connectivity index (χ4v) is 6.66. The van der Waals surface area contributed by atoms with Gasteiger partial charge in [-0.15, -0.1) is 20.4 Å². The molecule has 67 heavy (non-hydrogen) atoms. The van der Waals surface area contributed by atoms with Crippen LogP contribution >= 0.6 is 0 Å². The van der Waals surface area contributed by atoms with Crippen LogP contribution in [0.5, 0.6) is 0 Å². The minimum absolute atomic E-state index is 0.101. The van der Waals surface area contributed by atoms with E-state index in [2.05, 4.69) is 50.8 Å². The summed E-state index contributed by atoms with van der Waals surface area (Å²) in [6.07, 6.45) is -8.71. The summed E-state index contributed by atoms with van der Waals surface area (Å²) in [5.41, 5.74) is -2.92. The Bertz CT molecular complexity index is 2650. The normalized spacial score (nSPS) is 14.8. The molecular formula is C37H32F10N16O4. The number of halogens is 10. The number of carboxylic acid groups (broad SMARTS) is 2. The number of tetrazole rings is 2. The zero-order valence-electron chi connectivity index (χ0n) is 34.0. The number of benzene rings is 2. The molecule has 2 N–H and O–H groups in total. The van der Waals surface area contributed by atoms with Crippen molar-refractivity contribution in [2.75, 3.05) is 72.0 Å². The van der Waals surface area contributed by atoms with Gasteiger partial charge in [0.2, 0.25) is 23.5 Å². The Hall–Kier alpha value is -7.82. The van der Waals surface area contributed by atoms with Gasteiger partial charge in [0, 0.05) is 88.5 Å². The molecule has 2 saturated heterocycles. The number of hydrogen-bond donors (Lipinski definition) is 2. The highest BCUT2D eigenvalue weighted by Crippen LogP contribution is 2.39. The monoisotopic (exact) mass is 954 g/mol. The van der Waals surface area contributed by atoms with Crippen LogP contribution in [0.15, 0.2) is 61.2 Å². The molecule has 354 valence electrons. The SMILES string of the molecule is O=C(O)Cn1nnc(-c2cnc(N3CCN(c4cc(C(F)(F)F)cc(C(F)(F)F)c4)CC3)nc2)n1.O=C(O)Cn1nnc(-c2cnc(N3CCN(c4cc(F)cc(C(F)(F)F)c4)CC3)nc2)n1. The molecule has 4 aromatic heterocycles. The largest absolute Gasteiger partial charge is 0.480 e. The molecule has 2 aromatic carbocycles. The van der Waals surface area contributed by atoms with Crippen LogP contribution in [0.25, 0.3) is 22.8 Å². The number of alkyl halides is 9. The third-order valence-corrected chi connectivity index (χ3v) is 9.89. The zero-order chi connectivity index (χ0) is 48.3. The molecular weight excluding hydrogens is 922 g/mol. The number of aliphatic carboxylic acids is 2. The van der Waals surface area contributed by atoms with E-state index in [1.165, 1.54) is 29.7 Å². The number of anilines is 4. The lowest BCUT2D eigenvalue weighted by molar-refractivity contribution is -0.143. The van der Waals surface area contributed by atoms with Gasteiger partial charge >= 0.3 is 30.5 Å². The molecule has 8 rings (SSSR count). The predicted molar refractivity (Wildman–Crippen MR) is 210 cm³/mol. The standard InChI is InChI=1S/C19H16F6N8O2.C18H16F4N8O2/c20-18(21,22)12-5-13(19(23,24)25)7-14(6-12)31-1-3-32(4-2-31)17-26-8-11(9-27-17)16-28-30-33(29-16)10-15(34)35;19-13-5-12(18(20,21)22)6-14(7-13)28-1-3-29(4-2-28)17-23-8-11(9-24-17)16-25-27-30(26-16)10-15(31)32/h5-9H,1-4,10H2,(H,34,35);5-9H,1-4,10H2,(H,31,32). The van der Waals surface area contributed by atoms with E-state index in [1.807, 2.05) is 4.90 Å². The second-order valence-corrected chi connectivity index (χ2v) is 14.5. The molecule has 0 aliphatic carbocycles. The van der Waals surface area contributed by atoms with Crippen LogP contribution in [0.1, 0.15) is 16.7 Å². The lowest BCUT2D eigenvalue weighted by atomic mass is 10.1. The third kappa shape index (κ3) is 11.9. The maximum absolute atomic E-state index is 13.7. The van der Waals surface area contributed by atoms with E-state index < -0.39 is 66.1 Å². The van der Waals surface area contributed by atoms with Crippen molar-refractivity contribution >= 4 is 35.2 Å². The van der Waals surface area contributed by atoms with E-state index >= 15 is 0 Å². The van der Waals surface area contributed by atoms with Crippen LogP contribution in [0, 0.1) is 5.82 Å². The Morgan fingerprint density at radius 3 is 1.16 bits per heavy atom. The molecule has 0 radical (unpaired) electrons. The maximum atomic E-state index is 13.7. The molecule has 0 amide bonds. The Labute approximate surface area is 369 Å². The summed E-state index contributed by atoms with van der Waals surface area (Å²) in [5, 5.41) is 40.1. The first kappa shape index (κ1) is 47.2. The Morgan fingerprint density at radius 2 is 0.821 bits per heavy atom. The molecule has 6 aromatic rings. The quantitative estimate of drug-likeness (QED) is 0.183. The minimum Gasteiger partial charge on any atom is -0.480 e. The van der Waals surface area contributed by atoms with Crippen LogP contribution in [0.2, 0.25) is 0 Å². The van der Waals surface area contributed by atoms with Gasteiger partial charge in [0.15, 0.2) is 13.1 Å². The van der Waals surface area contributed by atoms with E-state index in [9.17, 15) is 53.5 Å². The summed E-state index contributed by atoms with van der Waals surface area (Å²) >= 11 is 0. The summed E-state index contributed by atoms with van der Waals surface area (Å²) in [6, 6.07) is 4.02. The van der Waals surface area contributed by atoms with Crippen LogP contribution in [0.3, 0.4) is 0 Å². The second-order valence-electron chi connectivity index (χ2n) is 14.5. The first-order chi connectivity index (χ1) is 31.6. The summed E-state index contributed by atoms with van der Waals surface area (Å²) in [6.45, 7) is 1.47. The first-order valence-corrected chi connectivity index (χ1v) is 19.4. The Balaban J connectivity index is 0.000000200. The zero-order valence-corrected chi connectivity index (χ0v) is 34.0. The van der Waals surface area contributed by atoms with Gasteiger partial charge in [-0.05, 0) is 46.8 Å². The molecule has 2 fully saturated rings. The summed E-state index contributed by atoms with van der Waals surface area (Å²) in [7, 11) is 0. The lowest BCUT2D eigenvalue weighted by Gasteiger charge is -2.36. The van der Waals surface area contributed by atoms with Gasteiger partial charge in [-0.2, -0.15) is 49.1 Å². The maximum Gasteiger partial charge on any atom is 0.416 e. The smallest absolute Gasteiger partial charge is 0.416 e. The average molecular weight is 955 g/mol. The van der Waals surface area contributed by atoms with E-state index in [0.29, 0.717) is 67.4 Å². The van der Waals surface area contributed by atoms with E-state index in [-0.39, 0.29) is 55.3 Å². The van der Waals surface area contributed by atoms with Crippen molar-refractivity contribution in [2.45, 2.75) is 31.6 Å². The highest BCUT2D eigenvalue weighted by atomic mass is 19.4. The van der Waals surface area contributed by atoms with Crippen LogP contribution in [0.4, 0.5) is 67.2 Å². The molecule has 20 nitrogen and oxygen atoms in total. The summed E-state index contributed by atoms with van der Waals surface area (Å²) in [5.74, 6) is -2.19. The molecule has 0 saturated carbocycles. The van der Waals surface area contributed by atoms with E-state index in [1.54, 1.807) is 9.80 Å². The number of carboxylic acids is 2. The van der Waals surface area contributed by atoms with E-state index in [4.69, 9.17) is 10.2 Å². The fraction of sp³-hybridized carbons (Fsp3) is 0.351. The average Bonchev–Trinajstić information content (AvgIpc) is 3.95. The van der Waals surface area contributed by atoms with Crippen LogP contribution in [-0.4, -0.2) is 135 Å². The third-order valence-electron chi connectivity index (χ3n) is 9.89. The van der Waals surface area contributed by atoms with Crippen molar-refractivity contribution in [1.29, 1.82) is 0 Å². The van der Waals surface area contributed by atoms with Crippen LogP contribution in [-0.2, 0) is 41.2 Å². The Kier molecular flexibility index (Phi) is 13.3.